The summed E-state index contributed by atoms with van der Waals surface area (Å²) in [5, 5.41) is 0. The van der Waals surface area contributed by atoms with E-state index >= 15 is 0 Å². The van der Waals surface area contributed by atoms with Gasteiger partial charge in [0.15, 0.2) is 11.5 Å². The summed E-state index contributed by atoms with van der Waals surface area (Å²) in [6, 6.07) is 12.2. The second-order valence-corrected chi connectivity index (χ2v) is 10.1. The van der Waals surface area contributed by atoms with Crippen molar-refractivity contribution in [3.63, 3.8) is 0 Å². The molecule has 1 amide bonds. The fourth-order valence-corrected chi connectivity index (χ4v) is 5.85. The van der Waals surface area contributed by atoms with Gasteiger partial charge in [0.2, 0.25) is 0 Å². The number of imidazole rings is 1. The summed E-state index contributed by atoms with van der Waals surface area (Å²) in [5.74, 6) is 2.48. The predicted octanol–water partition coefficient (Wildman–Crippen LogP) is 4.53. The Kier molecular flexibility index (Phi) is 7.88. The van der Waals surface area contributed by atoms with Gasteiger partial charge in [-0.15, -0.1) is 0 Å². The molecule has 0 saturated carbocycles. The van der Waals surface area contributed by atoms with Gasteiger partial charge in [0, 0.05) is 68.5 Å². The quantitative estimate of drug-likeness (QED) is 0.394. The number of fused-ring (bicyclic) bond motifs is 1. The molecule has 202 valence electrons. The van der Waals surface area contributed by atoms with Crippen molar-refractivity contribution in [3.05, 3.63) is 71.3 Å². The van der Waals surface area contributed by atoms with Gasteiger partial charge in [0.25, 0.3) is 5.91 Å². The van der Waals surface area contributed by atoms with Crippen molar-refractivity contribution in [1.29, 1.82) is 0 Å². The molecule has 0 radical (unpaired) electrons. The molecule has 2 aliphatic heterocycles. The molecular formula is C30H39N5O3. The van der Waals surface area contributed by atoms with Gasteiger partial charge >= 0.3 is 0 Å². The molecule has 3 heterocycles. The van der Waals surface area contributed by atoms with E-state index in [1.807, 2.05) is 43.6 Å². The molecular weight excluding hydrogens is 478 g/mol. The van der Waals surface area contributed by atoms with Crippen LogP contribution in [0.2, 0.25) is 0 Å². The van der Waals surface area contributed by atoms with Gasteiger partial charge in [-0.05, 0) is 56.1 Å². The average molecular weight is 518 g/mol. The van der Waals surface area contributed by atoms with Crippen LogP contribution in [0.1, 0.15) is 53.1 Å². The molecule has 5 rings (SSSR count). The van der Waals surface area contributed by atoms with Gasteiger partial charge < -0.3 is 28.7 Å². The minimum absolute atomic E-state index is 0.0803. The summed E-state index contributed by atoms with van der Waals surface area (Å²) in [5.41, 5.74) is 4.24. The molecule has 2 aliphatic rings. The Bertz CT molecular complexity index is 1260. The third-order valence-corrected chi connectivity index (χ3v) is 8.10. The van der Waals surface area contributed by atoms with E-state index < -0.39 is 0 Å². The first-order valence-corrected chi connectivity index (χ1v) is 13.6. The van der Waals surface area contributed by atoms with Crippen LogP contribution in [0.4, 0.5) is 5.69 Å². The van der Waals surface area contributed by atoms with Crippen molar-refractivity contribution in [1.82, 2.24) is 19.4 Å². The van der Waals surface area contributed by atoms with Gasteiger partial charge in [-0.3, -0.25) is 4.79 Å². The highest BCUT2D eigenvalue weighted by molar-refractivity contribution is 6.00. The number of benzene rings is 2. The predicted molar refractivity (Wildman–Crippen MR) is 149 cm³/mol. The van der Waals surface area contributed by atoms with Crippen LogP contribution in [0.25, 0.3) is 0 Å². The van der Waals surface area contributed by atoms with E-state index in [-0.39, 0.29) is 11.9 Å². The molecule has 0 bridgehead atoms. The van der Waals surface area contributed by atoms with Crippen LogP contribution < -0.4 is 14.4 Å². The van der Waals surface area contributed by atoms with Crippen LogP contribution in [0.15, 0.2) is 48.8 Å². The highest BCUT2D eigenvalue weighted by Gasteiger charge is 2.36. The molecule has 1 atom stereocenters. The molecule has 0 unspecified atom stereocenters. The molecule has 1 aromatic heterocycles. The van der Waals surface area contributed by atoms with Crippen LogP contribution in [-0.4, -0.2) is 72.2 Å². The monoisotopic (exact) mass is 517 g/mol. The summed E-state index contributed by atoms with van der Waals surface area (Å²) in [7, 11) is 3.30. The molecule has 0 aliphatic carbocycles. The van der Waals surface area contributed by atoms with E-state index in [2.05, 4.69) is 43.3 Å². The van der Waals surface area contributed by atoms with E-state index in [9.17, 15) is 4.79 Å². The second-order valence-electron chi connectivity index (χ2n) is 10.1. The molecule has 3 aromatic rings. The highest BCUT2D eigenvalue weighted by Crippen LogP contribution is 2.40. The molecule has 0 N–H and O–H groups in total. The zero-order valence-electron chi connectivity index (χ0n) is 23.0. The number of anilines is 1. The van der Waals surface area contributed by atoms with E-state index in [1.54, 1.807) is 14.2 Å². The first-order chi connectivity index (χ1) is 18.5. The van der Waals surface area contributed by atoms with Crippen molar-refractivity contribution >= 4 is 11.6 Å². The van der Waals surface area contributed by atoms with Gasteiger partial charge in [0.05, 0.1) is 20.3 Å². The number of piperazine rings is 1. The Morgan fingerprint density at radius 3 is 2.50 bits per heavy atom. The number of rotatable bonds is 10. The summed E-state index contributed by atoms with van der Waals surface area (Å²) in [6.45, 7) is 10.9. The lowest BCUT2D eigenvalue weighted by Gasteiger charge is -2.36. The van der Waals surface area contributed by atoms with Crippen LogP contribution in [0, 0.1) is 6.92 Å². The maximum Gasteiger partial charge on any atom is 0.255 e. The van der Waals surface area contributed by atoms with E-state index in [1.165, 1.54) is 5.69 Å². The van der Waals surface area contributed by atoms with E-state index in [0.717, 1.165) is 74.6 Å². The summed E-state index contributed by atoms with van der Waals surface area (Å²) in [6.07, 6.45) is 5.60. The molecule has 8 heteroatoms. The number of hydrogen-bond acceptors (Lipinski definition) is 6. The lowest BCUT2D eigenvalue weighted by molar-refractivity contribution is 0.0687. The third-order valence-electron chi connectivity index (χ3n) is 8.10. The average Bonchev–Trinajstić information content (AvgIpc) is 3.52. The zero-order chi connectivity index (χ0) is 26.6. The van der Waals surface area contributed by atoms with Crippen molar-refractivity contribution in [3.8, 4) is 11.5 Å². The van der Waals surface area contributed by atoms with Crippen LogP contribution in [0.3, 0.4) is 0 Å². The van der Waals surface area contributed by atoms with E-state index in [0.29, 0.717) is 18.0 Å². The Morgan fingerprint density at radius 1 is 1.03 bits per heavy atom. The SMILES string of the molecule is CCN1CCN(c2cccc3c2CN([C@H](CCCn2ccnc2C)c2ccc(OC)c(OC)c2)C3=O)CC1. The number of aryl methyl sites for hydroxylation is 2. The number of likely N-dealkylation sites (N-methyl/N-ethyl adjacent to an activating group) is 1. The van der Waals surface area contributed by atoms with E-state index in [4.69, 9.17) is 9.47 Å². The van der Waals surface area contributed by atoms with Crippen LogP contribution in [-0.2, 0) is 13.1 Å². The molecule has 0 spiro atoms. The minimum Gasteiger partial charge on any atom is -0.493 e. The normalized spacial score (nSPS) is 16.6. The fraction of sp³-hybridized carbons (Fsp3) is 0.467. The van der Waals surface area contributed by atoms with Crippen molar-refractivity contribution in [2.24, 2.45) is 0 Å². The fourth-order valence-electron chi connectivity index (χ4n) is 5.85. The maximum absolute atomic E-state index is 13.9. The van der Waals surface area contributed by atoms with Crippen LogP contribution >= 0.6 is 0 Å². The number of nitrogens with zero attached hydrogens (tertiary/aromatic N) is 5. The third kappa shape index (κ3) is 5.10. The first kappa shape index (κ1) is 26.1. The topological polar surface area (TPSA) is 63.1 Å². The van der Waals surface area contributed by atoms with Gasteiger partial charge in [-0.25, -0.2) is 4.98 Å². The Morgan fingerprint density at radius 2 is 1.82 bits per heavy atom. The summed E-state index contributed by atoms with van der Waals surface area (Å²) in [4.78, 5) is 25.2. The summed E-state index contributed by atoms with van der Waals surface area (Å²) < 4.78 is 13.3. The van der Waals surface area contributed by atoms with Gasteiger partial charge in [-0.1, -0.05) is 19.1 Å². The molecule has 1 fully saturated rings. The van der Waals surface area contributed by atoms with Gasteiger partial charge in [0.1, 0.15) is 5.82 Å². The lowest BCUT2D eigenvalue weighted by Crippen LogP contribution is -2.46. The zero-order valence-corrected chi connectivity index (χ0v) is 23.0. The number of amides is 1. The lowest BCUT2D eigenvalue weighted by atomic mass is 9.99. The first-order valence-electron chi connectivity index (χ1n) is 13.6. The van der Waals surface area contributed by atoms with Gasteiger partial charge in [-0.2, -0.15) is 0 Å². The number of aromatic nitrogens is 2. The molecule has 2 aromatic carbocycles. The largest absolute Gasteiger partial charge is 0.493 e. The second kappa shape index (κ2) is 11.5. The Labute approximate surface area is 225 Å². The smallest absolute Gasteiger partial charge is 0.255 e. The van der Waals surface area contributed by atoms with Crippen molar-refractivity contribution in [2.45, 2.75) is 45.8 Å². The number of hydrogen-bond donors (Lipinski definition) is 0. The van der Waals surface area contributed by atoms with Crippen LogP contribution in [0.5, 0.6) is 11.5 Å². The summed E-state index contributed by atoms with van der Waals surface area (Å²) >= 11 is 0. The molecule has 38 heavy (non-hydrogen) atoms. The maximum atomic E-state index is 13.9. The Hall–Kier alpha value is -3.52. The van der Waals surface area contributed by atoms with Crippen molar-refractivity contribution in [2.75, 3.05) is 51.8 Å². The Balaban J connectivity index is 1.43. The minimum atomic E-state index is -0.0803. The number of methoxy groups -OCH3 is 2. The standard InChI is InChI=1S/C30H39N5O3/c1-5-32-16-18-34(19-17-32)27-9-6-8-24-25(27)21-35(30(24)36)26(10-7-14-33-15-13-31-22(33)2)23-11-12-28(37-3)29(20-23)38-4/h6,8-9,11-13,15,20,26H,5,7,10,14,16-19,21H2,1-4H3/t26-/m1/s1. The number of carbonyl (C=O) groups is 1. The molecule has 8 nitrogen and oxygen atoms in total. The number of ether oxygens (including phenoxy) is 2. The number of carbonyl (C=O) groups excluding carboxylic acids is 1. The van der Waals surface area contributed by atoms with Crippen molar-refractivity contribution < 1.29 is 14.3 Å². The molecule has 1 saturated heterocycles. The highest BCUT2D eigenvalue weighted by atomic mass is 16.5.